The van der Waals surface area contributed by atoms with Gasteiger partial charge in [0.05, 0.1) is 26.8 Å². The van der Waals surface area contributed by atoms with Crippen LogP contribution in [0.1, 0.15) is 63.7 Å². The molecule has 10 heteroatoms. The monoisotopic (exact) mass is 674 g/mol. The Morgan fingerprint density at radius 3 is 2.36 bits per heavy atom. The number of fused-ring (bicyclic) bond motifs is 1. The Morgan fingerprint density at radius 1 is 1.00 bits per heavy atom. The van der Waals surface area contributed by atoms with Gasteiger partial charge in [0, 0.05) is 55.1 Å². The van der Waals surface area contributed by atoms with Gasteiger partial charge in [0.1, 0.15) is 5.60 Å². The molecule has 1 amide bonds. The Kier molecular flexibility index (Phi) is 9.36. The smallest absolute Gasteiger partial charge is 0.410 e. The first-order chi connectivity index (χ1) is 22.4. The van der Waals surface area contributed by atoms with Gasteiger partial charge < -0.3 is 19.6 Å². The number of Topliss-reactive ketones (excluding diaryl/α,β-unsaturated/α-hetero) is 1. The summed E-state index contributed by atoms with van der Waals surface area (Å²) in [4.78, 5) is 40.1. The van der Waals surface area contributed by atoms with Crippen molar-refractivity contribution in [3.63, 3.8) is 0 Å². The molecule has 246 valence electrons. The molecule has 1 atom stereocenters. The third-order valence-corrected chi connectivity index (χ3v) is 9.26. The van der Waals surface area contributed by atoms with Gasteiger partial charge in [0.15, 0.2) is 11.5 Å². The van der Waals surface area contributed by atoms with Crippen molar-refractivity contribution in [2.24, 2.45) is 16.8 Å². The molecule has 2 aromatic carbocycles. The minimum atomic E-state index is -0.525. The molecule has 8 nitrogen and oxygen atoms in total. The number of amides is 1. The average molecular weight is 676 g/mol. The molecule has 1 saturated carbocycles. The van der Waals surface area contributed by atoms with Crippen molar-refractivity contribution >= 4 is 57.4 Å². The highest BCUT2D eigenvalue weighted by Gasteiger charge is 2.33. The van der Waals surface area contributed by atoms with Crippen LogP contribution in [-0.2, 0) is 4.74 Å². The molecule has 0 radical (unpaired) electrons. The molecule has 6 rings (SSSR count). The Morgan fingerprint density at radius 2 is 1.70 bits per heavy atom. The Hall–Kier alpha value is -3.88. The van der Waals surface area contributed by atoms with E-state index in [1.807, 2.05) is 39.0 Å². The fourth-order valence-corrected chi connectivity index (χ4v) is 6.46. The second kappa shape index (κ2) is 13.3. The highest BCUT2D eigenvalue weighted by Crippen LogP contribution is 2.41. The van der Waals surface area contributed by atoms with Crippen molar-refractivity contribution in [3.05, 3.63) is 76.1 Å². The summed E-state index contributed by atoms with van der Waals surface area (Å²) in [5.74, 6) is 0.245. The number of phenolic OH excluding ortho intramolecular Hbond substituents is 1. The van der Waals surface area contributed by atoms with Crippen LogP contribution in [0.25, 0.3) is 22.0 Å². The summed E-state index contributed by atoms with van der Waals surface area (Å²) in [6.45, 7) is 10.4. The first-order valence-electron chi connectivity index (χ1n) is 16.2. The van der Waals surface area contributed by atoms with Crippen LogP contribution >= 0.6 is 23.2 Å². The van der Waals surface area contributed by atoms with E-state index < -0.39 is 5.60 Å². The summed E-state index contributed by atoms with van der Waals surface area (Å²) in [7, 11) is 0. The molecule has 1 saturated heterocycles. The highest BCUT2D eigenvalue weighted by atomic mass is 35.5. The number of rotatable bonds is 5. The summed E-state index contributed by atoms with van der Waals surface area (Å²) in [6, 6.07) is 9.13. The van der Waals surface area contributed by atoms with Gasteiger partial charge in [-0.05, 0) is 99.9 Å². The minimum absolute atomic E-state index is 0.00627. The van der Waals surface area contributed by atoms with Gasteiger partial charge in [-0.1, -0.05) is 42.3 Å². The zero-order valence-electron chi connectivity index (χ0n) is 27.2. The molecule has 3 aliphatic rings. The maximum atomic E-state index is 13.5. The zero-order chi connectivity index (χ0) is 33.5. The number of carbonyl (C=O) groups excluding carboxylic acids is 2. The lowest BCUT2D eigenvalue weighted by molar-refractivity contribution is 0.0171. The van der Waals surface area contributed by atoms with Crippen LogP contribution in [0.5, 0.6) is 5.75 Å². The molecule has 1 unspecified atom stereocenters. The maximum Gasteiger partial charge on any atom is 0.410 e. The molecule has 47 heavy (non-hydrogen) atoms. The number of aliphatic imine (C=N–C) groups is 1. The minimum Gasteiger partial charge on any atom is -0.505 e. The molecule has 2 heterocycles. The van der Waals surface area contributed by atoms with Crippen molar-refractivity contribution in [2.75, 3.05) is 26.2 Å². The van der Waals surface area contributed by atoms with Gasteiger partial charge in [0.2, 0.25) is 0 Å². The quantitative estimate of drug-likeness (QED) is 0.271. The molecule has 2 fully saturated rings. The largest absolute Gasteiger partial charge is 0.505 e. The fourth-order valence-electron chi connectivity index (χ4n) is 5.97. The topological polar surface area (TPSA) is 95.3 Å². The first kappa shape index (κ1) is 33.0. The van der Waals surface area contributed by atoms with Crippen molar-refractivity contribution < 1.29 is 19.4 Å². The number of aromatic hydroxyl groups is 1. The highest BCUT2D eigenvalue weighted by molar-refractivity contribution is 6.37. The number of pyridine rings is 1. The van der Waals surface area contributed by atoms with Gasteiger partial charge >= 0.3 is 6.09 Å². The Bertz CT molecular complexity index is 1790. The van der Waals surface area contributed by atoms with E-state index in [-0.39, 0.29) is 33.6 Å². The summed E-state index contributed by atoms with van der Waals surface area (Å²) in [5.41, 5.74) is 4.89. The summed E-state index contributed by atoms with van der Waals surface area (Å²) in [6.07, 6.45) is 11.2. The van der Waals surface area contributed by atoms with E-state index in [2.05, 4.69) is 35.0 Å². The molecule has 0 spiro atoms. The number of hydrogen-bond donors (Lipinski definition) is 1. The van der Waals surface area contributed by atoms with E-state index >= 15 is 0 Å². The molecule has 1 N–H and O–H groups in total. The normalized spacial score (nSPS) is 20.5. The van der Waals surface area contributed by atoms with Crippen LogP contribution in [0, 0.1) is 11.8 Å². The van der Waals surface area contributed by atoms with Crippen LogP contribution in [0.2, 0.25) is 10.0 Å². The second-order valence-corrected chi connectivity index (χ2v) is 14.6. The summed E-state index contributed by atoms with van der Waals surface area (Å²) in [5, 5.41) is 11.2. The molecule has 1 aliphatic heterocycles. The standard InChI is InChI=1S/C37H40Cl2N4O4/c1-22-5-10-27(42-13-15-43(16-14-42)36(46)47-37(2,3)4)11-9-26(17-22)41-33-28-18-24(25-19-30(38)35(45)31(39)20-25)8-12-32(28)40-21-29(33)34(44)23-6-7-23/h8-12,18-23,45H,5-7,13-17H2,1-4H3/b11-9-,27-10?,41-26?. The molecular weight excluding hydrogens is 635 g/mol. The molecule has 1 aromatic heterocycles. The molecule has 3 aromatic rings. The lowest BCUT2D eigenvalue weighted by Crippen LogP contribution is -2.49. The fraction of sp³-hybridized carbons (Fsp3) is 0.405. The van der Waals surface area contributed by atoms with E-state index in [9.17, 15) is 14.7 Å². The number of halogens is 2. The predicted molar refractivity (Wildman–Crippen MR) is 188 cm³/mol. The summed E-state index contributed by atoms with van der Waals surface area (Å²) < 4.78 is 5.58. The number of hydrogen-bond acceptors (Lipinski definition) is 7. The lowest BCUT2D eigenvalue weighted by Gasteiger charge is -2.37. The van der Waals surface area contributed by atoms with Crippen molar-refractivity contribution in [1.29, 1.82) is 0 Å². The predicted octanol–water partition coefficient (Wildman–Crippen LogP) is 9.00. The van der Waals surface area contributed by atoms with Gasteiger partial charge in [-0.15, -0.1) is 0 Å². The van der Waals surface area contributed by atoms with Crippen LogP contribution in [0.3, 0.4) is 0 Å². The first-order valence-corrected chi connectivity index (χ1v) is 17.0. The van der Waals surface area contributed by atoms with Crippen LogP contribution in [-0.4, -0.2) is 69.3 Å². The van der Waals surface area contributed by atoms with Gasteiger partial charge in [-0.2, -0.15) is 0 Å². The number of piperazine rings is 1. The molecule has 2 aliphatic carbocycles. The number of phenols is 1. The maximum absolute atomic E-state index is 13.5. The number of ether oxygens (including phenoxy) is 1. The van der Waals surface area contributed by atoms with E-state index in [1.165, 1.54) is 0 Å². The van der Waals surface area contributed by atoms with Crippen LogP contribution in [0.15, 0.2) is 65.4 Å². The van der Waals surface area contributed by atoms with Gasteiger partial charge in [-0.25, -0.2) is 4.79 Å². The Labute approximate surface area is 285 Å². The number of nitrogens with zero attached hydrogens (tertiary/aromatic N) is 4. The van der Waals surface area contributed by atoms with Crippen molar-refractivity contribution in [3.8, 4) is 16.9 Å². The van der Waals surface area contributed by atoms with Crippen LogP contribution < -0.4 is 0 Å². The van der Waals surface area contributed by atoms with Gasteiger partial charge in [-0.3, -0.25) is 14.8 Å². The van der Waals surface area contributed by atoms with Crippen molar-refractivity contribution in [1.82, 2.24) is 14.8 Å². The van der Waals surface area contributed by atoms with Crippen molar-refractivity contribution in [2.45, 2.75) is 59.0 Å². The third kappa shape index (κ3) is 7.65. The van der Waals surface area contributed by atoms with Gasteiger partial charge in [0.25, 0.3) is 0 Å². The second-order valence-electron chi connectivity index (χ2n) is 13.7. The number of benzene rings is 2. The van der Waals surface area contributed by atoms with E-state index in [0.29, 0.717) is 43.3 Å². The molecular formula is C37H40Cl2N4O4. The average Bonchev–Trinajstić information content (AvgIpc) is 3.87. The third-order valence-electron chi connectivity index (χ3n) is 8.69. The van der Waals surface area contributed by atoms with E-state index in [4.69, 9.17) is 32.9 Å². The SMILES string of the molecule is CC1CC=C(N2CCN(C(=O)OC(C)(C)C)CC2)/C=C\C(=Nc2c(C(=O)C3CC3)cnc3ccc(-c4cc(Cl)c(O)c(Cl)c4)cc23)C1. The lowest BCUT2D eigenvalue weighted by atomic mass is 9.96. The number of carbonyl (C=O) groups is 2. The van der Waals surface area contributed by atoms with E-state index in [1.54, 1.807) is 23.2 Å². The Balaban J connectivity index is 1.34. The number of allylic oxidation sites excluding steroid dienone is 3. The number of aromatic nitrogens is 1. The number of ketones is 1. The molecule has 0 bridgehead atoms. The zero-order valence-corrected chi connectivity index (χ0v) is 28.7. The summed E-state index contributed by atoms with van der Waals surface area (Å²) >= 11 is 12.5. The van der Waals surface area contributed by atoms with Crippen LogP contribution in [0.4, 0.5) is 10.5 Å². The van der Waals surface area contributed by atoms with E-state index in [0.717, 1.165) is 59.1 Å².